The Morgan fingerprint density at radius 1 is 0.381 bits per heavy atom. The van der Waals surface area contributed by atoms with Gasteiger partial charge in [0.1, 0.15) is 0 Å². The van der Waals surface area contributed by atoms with E-state index < -0.39 is 11.9 Å². The van der Waals surface area contributed by atoms with E-state index in [1.807, 2.05) is 0 Å². The summed E-state index contributed by atoms with van der Waals surface area (Å²) in [5.74, 6) is -0.869. The summed E-state index contributed by atoms with van der Waals surface area (Å²) in [4.78, 5) is 32.9. The summed E-state index contributed by atoms with van der Waals surface area (Å²) in [6, 6.07) is 0. The average molecular weight is 611 g/mol. The number of carbonyl (C=O) groups excluding carboxylic acids is 2. The number of allylic oxidation sites excluding steroid dienone is 4. The molecular formula is C36H68Na2O4. The van der Waals surface area contributed by atoms with Crippen molar-refractivity contribution in [3.05, 3.63) is 24.3 Å². The third-order valence-electron chi connectivity index (χ3n) is 7.51. The van der Waals surface area contributed by atoms with E-state index >= 15 is 0 Å². The fourth-order valence-electron chi connectivity index (χ4n) is 4.86. The molecule has 0 aromatic heterocycles. The molecule has 0 bridgehead atoms. The van der Waals surface area contributed by atoms with E-state index in [1.165, 1.54) is 116 Å². The zero-order valence-electron chi connectivity index (χ0n) is 26.7. The normalized spacial score (nSPS) is 11.0. The van der Waals surface area contributed by atoms with Crippen LogP contribution in [0.15, 0.2) is 24.3 Å². The second kappa shape index (κ2) is 41.4. The molecule has 0 fully saturated rings. The van der Waals surface area contributed by atoms with Crippen LogP contribution >= 0.6 is 0 Å². The van der Waals surface area contributed by atoms with Crippen molar-refractivity contribution in [3.8, 4) is 0 Å². The molecule has 0 amide bonds. The topological polar surface area (TPSA) is 52.6 Å². The van der Waals surface area contributed by atoms with Gasteiger partial charge in [-0.1, -0.05) is 141 Å². The van der Waals surface area contributed by atoms with Crippen molar-refractivity contribution in [2.45, 2.75) is 194 Å². The molecule has 0 rings (SSSR count). The Kier molecular flexibility index (Phi) is 46.2. The maximum absolute atomic E-state index is 11.8. The van der Waals surface area contributed by atoms with Crippen LogP contribution in [0.4, 0.5) is 0 Å². The van der Waals surface area contributed by atoms with Crippen LogP contribution in [0.2, 0.25) is 0 Å². The first-order chi connectivity index (χ1) is 19.7. The van der Waals surface area contributed by atoms with Gasteiger partial charge in [-0.25, -0.2) is 19.4 Å². The van der Waals surface area contributed by atoms with E-state index in [4.69, 9.17) is 9.78 Å². The van der Waals surface area contributed by atoms with Crippen LogP contribution in [0.5, 0.6) is 0 Å². The fourth-order valence-corrected chi connectivity index (χ4v) is 4.86. The van der Waals surface area contributed by atoms with Gasteiger partial charge in [-0.05, 0) is 64.2 Å². The molecule has 0 aliphatic rings. The first-order valence-corrected chi connectivity index (χ1v) is 17.4. The molecule has 0 unspecified atom stereocenters. The molecule has 0 saturated carbocycles. The maximum atomic E-state index is 11.8. The van der Waals surface area contributed by atoms with Gasteiger partial charge in [-0.15, -0.1) is 0 Å². The van der Waals surface area contributed by atoms with E-state index in [0.717, 1.165) is 51.4 Å². The second-order valence-electron chi connectivity index (χ2n) is 11.6. The molecule has 0 spiro atoms. The molecule has 238 valence electrons. The van der Waals surface area contributed by atoms with E-state index in [9.17, 15) is 9.59 Å². The third-order valence-corrected chi connectivity index (χ3v) is 7.51. The molecule has 0 aromatic rings. The van der Waals surface area contributed by atoms with Crippen LogP contribution in [-0.2, 0) is 19.4 Å². The average Bonchev–Trinajstić information content (AvgIpc) is 2.96. The zero-order chi connectivity index (χ0) is 29.2. The summed E-state index contributed by atoms with van der Waals surface area (Å²) in [6.07, 6.45) is 41.7. The van der Waals surface area contributed by atoms with Crippen molar-refractivity contribution < 1.29 is 19.4 Å². The van der Waals surface area contributed by atoms with Crippen molar-refractivity contribution in [3.63, 3.8) is 0 Å². The van der Waals surface area contributed by atoms with Crippen LogP contribution < -0.4 is 0 Å². The molecule has 0 saturated heterocycles. The van der Waals surface area contributed by atoms with Gasteiger partial charge >= 0.3 is 71.1 Å². The molecule has 0 aromatic carbocycles. The Hall–Kier alpha value is 0.420. The number of unbranched alkanes of at least 4 members (excludes halogenated alkanes) is 22. The third kappa shape index (κ3) is 40.4. The van der Waals surface area contributed by atoms with Gasteiger partial charge in [0.2, 0.25) is 0 Å². The first kappa shape index (κ1) is 46.8. The molecule has 4 nitrogen and oxygen atoms in total. The quantitative estimate of drug-likeness (QED) is 0.0267. The molecule has 42 heavy (non-hydrogen) atoms. The molecule has 0 radical (unpaired) electrons. The Labute approximate surface area is 305 Å². The van der Waals surface area contributed by atoms with E-state index in [-0.39, 0.29) is 59.1 Å². The van der Waals surface area contributed by atoms with Gasteiger partial charge < -0.3 is 0 Å². The predicted molar refractivity (Wildman–Crippen MR) is 185 cm³/mol. The Balaban J connectivity index is -0.00000760. The second-order valence-corrected chi connectivity index (χ2v) is 11.6. The van der Waals surface area contributed by atoms with Gasteiger partial charge in [0, 0.05) is 0 Å². The Bertz CT molecular complexity index is 555. The van der Waals surface area contributed by atoms with E-state index in [2.05, 4.69) is 38.2 Å². The summed E-state index contributed by atoms with van der Waals surface area (Å²) >= 11 is 0. The number of carbonyl (C=O) groups is 2. The van der Waals surface area contributed by atoms with Crippen LogP contribution in [0, 0.1) is 0 Å². The van der Waals surface area contributed by atoms with Gasteiger partial charge in [0.05, 0.1) is 12.8 Å². The molecule has 6 heteroatoms. The molecule has 0 N–H and O–H groups in total. The van der Waals surface area contributed by atoms with Gasteiger partial charge in [-0.3, -0.25) is 0 Å². The molecule has 0 aliphatic heterocycles. The van der Waals surface area contributed by atoms with Crippen molar-refractivity contribution >= 4 is 71.1 Å². The summed E-state index contributed by atoms with van der Waals surface area (Å²) in [5.41, 5.74) is 0. The number of rotatable bonds is 30. The standard InChI is InChI=1S/C36H66O4.2Na.2H/c1-3-5-7-9-11-13-15-17-19-21-23-25-27-29-31-33-35(37)39-40-36(38)34-32-30-28-26-24-22-20-18-16-14-12-10-8-6-4-2;;;;/h17-20H,3-16,21-34H2,1-2H3;;;;/b19-17-,20-18-;;;;. The Morgan fingerprint density at radius 3 is 0.905 bits per heavy atom. The van der Waals surface area contributed by atoms with Crippen molar-refractivity contribution in [1.82, 2.24) is 0 Å². The van der Waals surface area contributed by atoms with Gasteiger partial charge in [0.25, 0.3) is 0 Å². The Morgan fingerprint density at radius 2 is 0.619 bits per heavy atom. The molecule has 0 atom stereocenters. The van der Waals surface area contributed by atoms with Crippen molar-refractivity contribution in [2.75, 3.05) is 0 Å². The SMILES string of the molecule is CCCCCCCC/C=C\CCCCCCCC(=O)OOC(=O)CCCCCCC/C=C\CCCCCCCC.[NaH].[NaH]. The molecule has 0 heterocycles. The van der Waals surface area contributed by atoms with Crippen LogP contribution in [-0.4, -0.2) is 71.1 Å². The number of hydrogen-bond acceptors (Lipinski definition) is 4. The summed E-state index contributed by atoms with van der Waals surface area (Å²) < 4.78 is 0. The summed E-state index contributed by atoms with van der Waals surface area (Å²) in [7, 11) is 0. The van der Waals surface area contributed by atoms with Crippen molar-refractivity contribution in [1.29, 1.82) is 0 Å². The molecule has 0 aliphatic carbocycles. The summed E-state index contributed by atoms with van der Waals surface area (Å²) in [5, 5.41) is 0. The van der Waals surface area contributed by atoms with E-state index in [0.29, 0.717) is 12.8 Å². The van der Waals surface area contributed by atoms with Gasteiger partial charge in [-0.2, -0.15) is 0 Å². The first-order valence-electron chi connectivity index (χ1n) is 17.4. The predicted octanol–water partition coefficient (Wildman–Crippen LogP) is 10.8. The minimum atomic E-state index is -0.435. The number of hydrogen-bond donors (Lipinski definition) is 0. The summed E-state index contributed by atoms with van der Waals surface area (Å²) in [6.45, 7) is 4.52. The van der Waals surface area contributed by atoms with Crippen LogP contribution in [0.1, 0.15) is 194 Å². The fraction of sp³-hybridized carbons (Fsp3) is 0.833. The molecular weight excluding hydrogens is 542 g/mol. The minimum absolute atomic E-state index is 0. The monoisotopic (exact) mass is 610 g/mol. The van der Waals surface area contributed by atoms with E-state index in [1.54, 1.807) is 0 Å². The zero-order valence-corrected chi connectivity index (χ0v) is 26.7. The van der Waals surface area contributed by atoms with Crippen LogP contribution in [0.25, 0.3) is 0 Å². The van der Waals surface area contributed by atoms with Gasteiger partial charge in [0.15, 0.2) is 0 Å². The van der Waals surface area contributed by atoms with Crippen molar-refractivity contribution in [2.24, 2.45) is 0 Å². The van der Waals surface area contributed by atoms with Crippen LogP contribution in [0.3, 0.4) is 0 Å².